The summed E-state index contributed by atoms with van der Waals surface area (Å²) < 4.78 is 11.4. The third kappa shape index (κ3) is 3.48. The maximum atomic E-state index is 9.75. The first-order valence-electron chi connectivity index (χ1n) is 4.34. The summed E-state index contributed by atoms with van der Waals surface area (Å²) in [5, 5.41) is 18.9. The van der Waals surface area contributed by atoms with Crippen molar-refractivity contribution in [3.05, 3.63) is 11.4 Å². The number of hydrogen-bond donors (Lipinski definition) is 0. The number of aromatic nitrogens is 2. The fraction of sp³-hybridized carbons (Fsp3) is 0.714. The molecular weight excluding hydrogens is 188 g/mol. The van der Waals surface area contributed by atoms with E-state index in [1.54, 1.807) is 4.68 Å². The molecule has 1 rings (SSSR count). The van der Waals surface area contributed by atoms with Crippen molar-refractivity contribution >= 4 is 5.88 Å². The Balaban J connectivity index is 2.29. The van der Waals surface area contributed by atoms with E-state index in [2.05, 4.69) is 20.2 Å². The van der Waals surface area contributed by atoms with Gasteiger partial charge in [-0.05, 0) is 6.92 Å². The maximum absolute atomic E-state index is 9.75. The van der Waals surface area contributed by atoms with Gasteiger partial charge in [0.05, 0.1) is 6.61 Å². The molecule has 0 aliphatic carbocycles. The third-order valence-electron chi connectivity index (χ3n) is 1.52. The molecule has 14 heavy (non-hydrogen) atoms. The molecule has 0 saturated heterocycles. The van der Waals surface area contributed by atoms with Crippen LogP contribution in [0, 0.1) is 5.21 Å². The fourth-order valence-corrected chi connectivity index (χ4v) is 0.932. The second-order valence-electron chi connectivity index (χ2n) is 2.54. The smallest absolute Gasteiger partial charge is 0.339 e. The van der Waals surface area contributed by atoms with E-state index in [1.165, 1.54) is 6.20 Å². The van der Waals surface area contributed by atoms with Crippen LogP contribution >= 0.6 is 0 Å². The number of ether oxygens (including phenoxy) is 1. The first kappa shape index (κ1) is 10.6. The molecular formula is C7H12N4O3. The highest BCUT2D eigenvalue weighted by atomic mass is 16.5. The average Bonchev–Trinajstić information content (AvgIpc) is 2.61. The van der Waals surface area contributed by atoms with Gasteiger partial charge in [-0.3, -0.25) is 4.52 Å². The molecule has 0 spiro atoms. The number of hydrogen-bond acceptors (Lipinski definition) is 6. The van der Waals surface area contributed by atoms with Crippen molar-refractivity contribution in [3.8, 4) is 0 Å². The van der Waals surface area contributed by atoms with Gasteiger partial charge in [0.25, 0.3) is 6.20 Å². The Morgan fingerprint density at radius 1 is 1.71 bits per heavy atom. The van der Waals surface area contributed by atoms with Gasteiger partial charge in [0.1, 0.15) is 0 Å². The van der Waals surface area contributed by atoms with E-state index in [-0.39, 0.29) is 5.88 Å². The van der Waals surface area contributed by atoms with Crippen LogP contribution in [0.4, 0.5) is 5.88 Å². The van der Waals surface area contributed by atoms with Crippen LogP contribution < -0.4 is 4.68 Å². The monoisotopic (exact) mass is 200 g/mol. The van der Waals surface area contributed by atoms with Crippen LogP contribution in [0.3, 0.4) is 0 Å². The summed E-state index contributed by atoms with van der Waals surface area (Å²) in [4.78, 5) is 0. The van der Waals surface area contributed by atoms with E-state index in [9.17, 15) is 5.21 Å². The van der Waals surface area contributed by atoms with Crippen molar-refractivity contribution in [3.63, 3.8) is 0 Å². The Morgan fingerprint density at radius 3 is 3.29 bits per heavy atom. The minimum absolute atomic E-state index is 0.108. The molecule has 1 heterocycles. The molecule has 0 amide bonds. The lowest BCUT2D eigenvalue weighted by atomic mass is 10.4. The van der Waals surface area contributed by atoms with Crippen molar-refractivity contribution in [2.75, 3.05) is 13.2 Å². The normalized spacial score (nSPS) is 11.2. The standard InChI is InChI=1S/C7H12N4O3/c1-2-13-5-3-4-11-6-7(8-9-12)14-10-11/h6H,2-5H2,1H3. The van der Waals surface area contributed by atoms with Crippen molar-refractivity contribution in [1.29, 1.82) is 0 Å². The quantitative estimate of drug-likeness (QED) is 0.296. The fourth-order valence-electron chi connectivity index (χ4n) is 0.932. The second-order valence-corrected chi connectivity index (χ2v) is 2.54. The Kier molecular flexibility index (Phi) is 4.56. The summed E-state index contributed by atoms with van der Waals surface area (Å²) in [5.74, 6) is 0.108. The summed E-state index contributed by atoms with van der Waals surface area (Å²) in [7, 11) is 0. The van der Waals surface area contributed by atoms with E-state index < -0.39 is 0 Å². The van der Waals surface area contributed by atoms with Crippen molar-refractivity contribution < 1.29 is 13.9 Å². The summed E-state index contributed by atoms with van der Waals surface area (Å²) >= 11 is 0. The number of nitrogens with zero attached hydrogens (tertiary/aromatic N) is 4. The first-order valence-corrected chi connectivity index (χ1v) is 4.34. The molecule has 0 N–H and O–H groups in total. The zero-order valence-electron chi connectivity index (χ0n) is 7.92. The van der Waals surface area contributed by atoms with Crippen LogP contribution in [-0.4, -0.2) is 18.5 Å². The molecule has 0 aliphatic rings. The van der Waals surface area contributed by atoms with E-state index in [0.717, 1.165) is 6.42 Å². The van der Waals surface area contributed by atoms with Gasteiger partial charge in [-0.1, -0.05) is 4.68 Å². The molecule has 0 saturated carbocycles. The second kappa shape index (κ2) is 6.03. The van der Waals surface area contributed by atoms with Crippen LogP contribution in [0.1, 0.15) is 13.3 Å². The van der Waals surface area contributed by atoms with Crippen molar-refractivity contribution in [1.82, 2.24) is 5.27 Å². The summed E-state index contributed by atoms with van der Waals surface area (Å²) in [6.45, 7) is 3.99. The average molecular weight is 200 g/mol. The van der Waals surface area contributed by atoms with Crippen LogP contribution in [0.5, 0.6) is 0 Å². The molecule has 0 radical (unpaired) electrons. The molecule has 7 heteroatoms. The Labute approximate surface area is 80.9 Å². The predicted molar refractivity (Wildman–Crippen MR) is 45.7 cm³/mol. The minimum atomic E-state index is 0.108. The van der Waals surface area contributed by atoms with Gasteiger partial charge in [-0.15, -0.1) is 5.11 Å². The van der Waals surface area contributed by atoms with Gasteiger partial charge in [0.2, 0.25) is 5.27 Å². The SMILES string of the molecule is CCOCCC[n+]1cc(/N=N/[O-])on1. The van der Waals surface area contributed by atoms with Crippen LogP contribution in [-0.2, 0) is 11.3 Å². The molecule has 78 valence electrons. The maximum Gasteiger partial charge on any atom is 0.339 e. The largest absolute Gasteiger partial charge is 0.775 e. The first-order chi connectivity index (χ1) is 6.86. The van der Waals surface area contributed by atoms with Gasteiger partial charge in [-0.25, -0.2) is 5.28 Å². The lowest BCUT2D eigenvalue weighted by Gasteiger charge is -1.94. The molecule has 7 nitrogen and oxygen atoms in total. The van der Waals surface area contributed by atoms with Crippen LogP contribution in [0.2, 0.25) is 0 Å². The summed E-state index contributed by atoms with van der Waals surface area (Å²) in [5.41, 5.74) is 0. The van der Waals surface area contributed by atoms with Gasteiger partial charge >= 0.3 is 5.88 Å². The summed E-state index contributed by atoms with van der Waals surface area (Å²) in [6.07, 6.45) is 2.34. The third-order valence-corrected chi connectivity index (χ3v) is 1.52. The number of aryl methyl sites for hydroxylation is 1. The Morgan fingerprint density at radius 2 is 2.57 bits per heavy atom. The Bertz CT molecular complexity index is 286. The van der Waals surface area contributed by atoms with E-state index in [1.807, 2.05) is 6.92 Å². The van der Waals surface area contributed by atoms with Gasteiger partial charge in [-0.2, -0.15) is 0 Å². The molecule has 0 aromatic carbocycles. The van der Waals surface area contributed by atoms with Crippen LogP contribution in [0.15, 0.2) is 21.1 Å². The van der Waals surface area contributed by atoms with Gasteiger partial charge in [0.15, 0.2) is 6.54 Å². The molecule has 0 fully saturated rings. The van der Waals surface area contributed by atoms with E-state index in [0.29, 0.717) is 19.8 Å². The highest BCUT2D eigenvalue weighted by Crippen LogP contribution is 2.05. The molecule has 0 bridgehead atoms. The highest BCUT2D eigenvalue weighted by Gasteiger charge is 2.09. The van der Waals surface area contributed by atoms with Gasteiger partial charge < -0.3 is 9.94 Å². The predicted octanol–water partition coefficient (Wildman–Crippen LogP) is 0.970. The summed E-state index contributed by atoms with van der Waals surface area (Å²) in [6, 6.07) is 0. The molecule has 1 aromatic heterocycles. The zero-order chi connectivity index (χ0) is 10.2. The minimum Gasteiger partial charge on any atom is -0.775 e. The molecule has 0 aliphatic heterocycles. The van der Waals surface area contributed by atoms with Crippen molar-refractivity contribution in [2.45, 2.75) is 19.9 Å². The lowest BCUT2D eigenvalue weighted by molar-refractivity contribution is -0.762. The zero-order valence-corrected chi connectivity index (χ0v) is 7.92. The van der Waals surface area contributed by atoms with E-state index in [4.69, 9.17) is 4.74 Å². The molecule has 0 unspecified atom stereocenters. The van der Waals surface area contributed by atoms with Crippen LogP contribution in [0.25, 0.3) is 0 Å². The number of rotatable bonds is 6. The Hall–Kier alpha value is -1.50. The highest BCUT2D eigenvalue weighted by molar-refractivity contribution is 5.09. The van der Waals surface area contributed by atoms with Gasteiger partial charge in [0, 0.05) is 13.0 Å². The topological polar surface area (TPSA) is 86.9 Å². The van der Waals surface area contributed by atoms with E-state index >= 15 is 0 Å². The molecule has 0 atom stereocenters. The van der Waals surface area contributed by atoms with Crippen molar-refractivity contribution in [2.24, 2.45) is 10.4 Å². The lowest BCUT2D eigenvalue weighted by Crippen LogP contribution is -2.35. The molecule has 1 aromatic rings.